The highest BCUT2D eigenvalue weighted by atomic mass is 16.2. The minimum absolute atomic E-state index is 0.162. The summed E-state index contributed by atoms with van der Waals surface area (Å²) in [7, 11) is 0. The van der Waals surface area contributed by atoms with Crippen molar-refractivity contribution in [3.63, 3.8) is 0 Å². The molecule has 4 rings (SSSR count). The van der Waals surface area contributed by atoms with Gasteiger partial charge < -0.3 is 9.88 Å². The van der Waals surface area contributed by atoms with Gasteiger partial charge >= 0.3 is 0 Å². The molecule has 6 heteroatoms. The zero-order valence-electron chi connectivity index (χ0n) is 18.4. The molecule has 1 aromatic carbocycles. The molecule has 31 heavy (non-hydrogen) atoms. The van der Waals surface area contributed by atoms with E-state index in [9.17, 15) is 4.79 Å². The zero-order chi connectivity index (χ0) is 21.7. The van der Waals surface area contributed by atoms with Gasteiger partial charge in [0.25, 0.3) is 0 Å². The molecule has 1 saturated heterocycles. The standard InChI is InChI=1S/C25H31N5O/c1-3-27-24(31)25(11-15-29(19-25)18-23-28-14-16-30(23)4-2)17-20-5-7-21(8-6-20)22-9-12-26-13-10-22/h5-10,12-14,16H,3-4,11,15,17-19H2,1-2H3,(H,27,31)/t25-/m0/s1. The molecule has 0 radical (unpaired) electrons. The number of benzene rings is 1. The Morgan fingerprint density at radius 2 is 1.81 bits per heavy atom. The molecule has 3 heterocycles. The molecule has 1 fully saturated rings. The predicted molar refractivity (Wildman–Crippen MR) is 122 cm³/mol. The van der Waals surface area contributed by atoms with Gasteiger partial charge in [0.05, 0.1) is 12.0 Å². The Morgan fingerprint density at radius 3 is 2.52 bits per heavy atom. The summed E-state index contributed by atoms with van der Waals surface area (Å²) < 4.78 is 2.17. The van der Waals surface area contributed by atoms with Gasteiger partial charge in [-0.15, -0.1) is 0 Å². The van der Waals surface area contributed by atoms with Crippen molar-refractivity contribution in [1.29, 1.82) is 0 Å². The number of hydrogen-bond donors (Lipinski definition) is 1. The first-order chi connectivity index (χ1) is 15.1. The number of nitrogens with zero attached hydrogens (tertiary/aromatic N) is 4. The van der Waals surface area contributed by atoms with Crippen LogP contribution in [0.5, 0.6) is 0 Å². The third kappa shape index (κ3) is 4.69. The number of carbonyl (C=O) groups is 1. The lowest BCUT2D eigenvalue weighted by Gasteiger charge is -2.28. The van der Waals surface area contributed by atoms with Crippen LogP contribution in [0.3, 0.4) is 0 Å². The Kier molecular flexibility index (Phi) is 6.47. The molecule has 1 aliphatic heterocycles. The Morgan fingerprint density at radius 1 is 1.06 bits per heavy atom. The lowest BCUT2D eigenvalue weighted by atomic mass is 9.79. The third-order valence-corrected chi connectivity index (χ3v) is 6.27. The SMILES string of the molecule is CCNC(=O)[C@]1(Cc2ccc(-c3ccncc3)cc2)CCN(Cc2nccn2CC)C1. The monoisotopic (exact) mass is 417 g/mol. The minimum atomic E-state index is -0.405. The van der Waals surface area contributed by atoms with Gasteiger partial charge in [-0.2, -0.15) is 0 Å². The molecular weight excluding hydrogens is 386 g/mol. The molecule has 0 saturated carbocycles. The lowest BCUT2D eigenvalue weighted by Crippen LogP contribution is -2.44. The van der Waals surface area contributed by atoms with Gasteiger partial charge in [-0.3, -0.25) is 14.7 Å². The van der Waals surface area contributed by atoms with Crippen molar-refractivity contribution in [1.82, 2.24) is 24.8 Å². The van der Waals surface area contributed by atoms with E-state index in [4.69, 9.17) is 0 Å². The number of rotatable bonds is 8. The Bertz CT molecular complexity index is 998. The summed E-state index contributed by atoms with van der Waals surface area (Å²) in [6.07, 6.45) is 9.10. The Balaban J connectivity index is 1.51. The van der Waals surface area contributed by atoms with Crippen molar-refractivity contribution in [2.75, 3.05) is 19.6 Å². The van der Waals surface area contributed by atoms with E-state index < -0.39 is 5.41 Å². The quantitative estimate of drug-likeness (QED) is 0.609. The molecule has 2 aromatic heterocycles. The Hall–Kier alpha value is -2.99. The van der Waals surface area contributed by atoms with Gasteiger partial charge in [0.15, 0.2) is 0 Å². The average molecular weight is 418 g/mol. The summed E-state index contributed by atoms with van der Waals surface area (Å²) in [6, 6.07) is 12.6. The maximum absolute atomic E-state index is 13.2. The summed E-state index contributed by atoms with van der Waals surface area (Å²) in [5.41, 5.74) is 3.11. The molecule has 0 unspecified atom stereocenters. The van der Waals surface area contributed by atoms with Crippen LogP contribution in [-0.2, 0) is 24.3 Å². The fourth-order valence-electron chi connectivity index (χ4n) is 4.58. The number of carbonyl (C=O) groups excluding carboxylic acids is 1. The first-order valence-electron chi connectivity index (χ1n) is 11.1. The van der Waals surface area contributed by atoms with Gasteiger partial charge in [0.2, 0.25) is 5.91 Å². The van der Waals surface area contributed by atoms with E-state index in [-0.39, 0.29) is 5.91 Å². The van der Waals surface area contributed by atoms with Gasteiger partial charge in [-0.25, -0.2) is 4.98 Å². The molecule has 1 amide bonds. The van der Waals surface area contributed by atoms with Gasteiger partial charge in [-0.1, -0.05) is 24.3 Å². The normalized spacial score (nSPS) is 18.9. The van der Waals surface area contributed by atoms with E-state index in [1.54, 1.807) is 0 Å². The van der Waals surface area contributed by atoms with E-state index in [2.05, 4.69) is 55.9 Å². The molecule has 1 atom stereocenters. The third-order valence-electron chi connectivity index (χ3n) is 6.27. The smallest absolute Gasteiger partial charge is 0.227 e. The number of likely N-dealkylation sites (tertiary alicyclic amines) is 1. The predicted octanol–water partition coefficient (Wildman–Crippen LogP) is 3.54. The number of hydrogen-bond acceptors (Lipinski definition) is 4. The second-order valence-electron chi connectivity index (χ2n) is 8.34. The number of aromatic nitrogens is 3. The van der Waals surface area contributed by atoms with Crippen LogP contribution in [0.15, 0.2) is 61.2 Å². The van der Waals surface area contributed by atoms with Crippen molar-refractivity contribution < 1.29 is 4.79 Å². The molecule has 6 nitrogen and oxygen atoms in total. The topological polar surface area (TPSA) is 63.1 Å². The molecule has 0 bridgehead atoms. The highest BCUT2D eigenvalue weighted by Crippen LogP contribution is 2.36. The molecule has 162 valence electrons. The Labute approximate surface area is 184 Å². The number of nitrogens with one attached hydrogen (secondary N) is 1. The van der Waals surface area contributed by atoms with Crippen molar-refractivity contribution in [3.05, 3.63) is 72.6 Å². The van der Waals surface area contributed by atoms with E-state index >= 15 is 0 Å². The number of imidazole rings is 1. The van der Waals surface area contributed by atoms with Crippen LogP contribution in [0.2, 0.25) is 0 Å². The summed E-state index contributed by atoms with van der Waals surface area (Å²) >= 11 is 0. The van der Waals surface area contributed by atoms with Crippen LogP contribution < -0.4 is 5.32 Å². The van der Waals surface area contributed by atoms with Crippen molar-refractivity contribution in [3.8, 4) is 11.1 Å². The molecule has 3 aromatic rings. The van der Waals surface area contributed by atoms with Gasteiger partial charge in [0.1, 0.15) is 5.82 Å². The largest absolute Gasteiger partial charge is 0.356 e. The van der Waals surface area contributed by atoms with E-state index in [1.165, 1.54) is 5.56 Å². The first-order valence-corrected chi connectivity index (χ1v) is 11.1. The molecule has 1 N–H and O–H groups in total. The summed E-state index contributed by atoms with van der Waals surface area (Å²) in [5.74, 6) is 1.23. The highest BCUT2D eigenvalue weighted by Gasteiger charge is 2.44. The van der Waals surface area contributed by atoms with E-state index in [1.807, 2.05) is 43.8 Å². The highest BCUT2D eigenvalue weighted by molar-refractivity contribution is 5.83. The first kappa shape index (κ1) is 21.2. The second-order valence-corrected chi connectivity index (χ2v) is 8.34. The zero-order valence-corrected chi connectivity index (χ0v) is 18.4. The van der Waals surface area contributed by atoms with E-state index in [0.29, 0.717) is 6.54 Å². The average Bonchev–Trinajstić information content (AvgIpc) is 3.43. The summed E-state index contributed by atoms with van der Waals surface area (Å²) in [5, 5.41) is 3.09. The van der Waals surface area contributed by atoms with Crippen LogP contribution in [0.4, 0.5) is 0 Å². The molecule has 0 spiro atoms. The molecule has 1 aliphatic rings. The van der Waals surface area contributed by atoms with Gasteiger partial charge in [0, 0.05) is 44.4 Å². The molecular formula is C25H31N5O. The number of pyridine rings is 1. The van der Waals surface area contributed by atoms with Crippen molar-refractivity contribution in [2.45, 2.75) is 39.8 Å². The van der Waals surface area contributed by atoms with Crippen molar-refractivity contribution in [2.24, 2.45) is 5.41 Å². The lowest BCUT2D eigenvalue weighted by molar-refractivity contribution is -0.130. The second kappa shape index (κ2) is 9.43. The number of aryl methyl sites for hydroxylation is 1. The number of amides is 1. The van der Waals surface area contributed by atoms with E-state index in [0.717, 1.165) is 56.0 Å². The van der Waals surface area contributed by atoms with Gasteiger partial charge in [-0.05, 0) is 62.1 Å². The van der Waals surface area contributed by atoms with Crippen LogP contribution in [0.25, 0.3) is 11.1 Å². The minimum Gasteiger partial charge on any atom is -0.356 e. The fraction of sp³-hybridized carbons (Fsp3) is 0.400. The maximum atomic E-state index is 13.2. The van der Waals surface area contributed by atoms with Crippen LogP contribution in [0.1, 0.15) is 31.7 Å². The molecule has 0 aliphatic carbocycles. The maximum Gasteiger partial charge on any atom is 0.227 e. The van der Waals surface area contributed by atoms with Crippen LogP contribution >= 0.6 is 0 Å². The summed E-state index contributed by atoms with van der Waals surface area (Å²) in [6.45, 7) is 8.12. The van der Waals surface area contributed by atoms with Crippen molar-refractivity contribution >= 4 is 5.91 Å². The summed E-state index contributed by atoms with van der Waals surface area (Å²) in [4.78, 5) is 24.1. The fourth-order valence-corrected chi connectivity index (χ4v) is 4.58. The van der Waals surface area contributed by atoms with Crippen LogP contribution in [-0.4, -0.2) is 45.0 Å². The van der Waals surface area contributed by atoms with Crippen LogP contribution in [0, 0.1) is 5.41 Å².